The first-order valence-corrected chi connectivity index (χ1v) is 9.07. The summed E-state index contributed by atoms with van der Waals surface area (Å²) in [6.45, 7) is 1.82. The van der Waals surface area contributed by atoms with Crippen molar-refractivity contribution in [3.63, 3.8) is 0 Å². The number of halogens is 1. The monoisotopic (exact) mass is 391 g/mol. The minimum absolute atomic E-state index is 0.141. The van der Waals surface area contributed by atoms with Crippen LogP contribution in [0.4, 0.5) is 4.39 Å². The first kappa shape index (κ1) is 18.5. The molecule has 2 aromatic carbocycles. The van der Waals surface area contributed by atoms with Crippen LogP contribution in [0.25, 0.3) is 16.9 Å². The molecule has 8 heteroatoms. The third-order valence-corrected chi connectivity index (χ3v) is 4.31. The molecule has 7 nitrogen and oxygen atoms in total. The SMILES string of the molecule is CC(Oc1ccccc1)C(=O)NCc1nnc2ccc(-c3ccc(F)cc3)nn12. The lowest BCUT2D eigenvalue weighted by Gasteiger charge is -2.14. The molecule has 29 heavy (non-hydrogen) atoms. The molecular weight excluding hydrogens is 373 g/mol. The highest BCUT2D eigenvalue weighted by molar-refractivity contribution is 5.80. The van der Waals surface area contributed by atoms with Crippen molar-refractivity contribution >= 4 is 11.6 Å². The van der Waals surface area contributed by atoms with Crippen molar-refractivity contribution in [1.82, 2.24) is 25.1 Å². The predicted molar refractivity (Wildman–Crippen MR) is 105 cm³/mol. The molecule has 1 unspecified atom stereocenters. The van der Waals surface area contributed by atoms with Crippen LogP contribution in [0.5, 0.6) is 5.75 Å². The average Bonchev–Trinajstić information content (AvgIpc) is 3.15. The average molecular weight is 391 g/mol. The zero-order chi connectivity index (χ0) is 20.2. The van der Waals surface area contributed by atoms with Gasteiger partial charge < -0.3 is 10.1 Å². The standard InChI is InChI=1S/C21H18FN5O2/c1-14(29-17-5-3-2-4-6-17)21(28)23-13-20-25-24-19-12-11-18(26-27(19)20)15-7-9-16(22)10-8-15/h2-12,14H,13H2,1H3,(H,23,28). The molecule has 0 fully saturated rings. The number of hydrogen-bond donors (Lipinski definition) is 1. The van der Waals surface area contributed by atoms with Crippen LogP contribution in [-0.2, 0) is 11.3 Å². The number of nitrogens with one attached hydrogen (secondary N) is 1. The van der Waals surface area contributed by atoms with Gasteiger partial charge in [-0.15, -0.1) is 10.2 Å². The van der Waals surface area contributed by atoms with Crippen molar-refractivity contribution in [3.8, 4) is 17.0 Å². The fourth-order valence-electron chi connectivity index (χ4n) is 2.78. The molecule has 0 saturated heterocycles. The molecule has 0 bridgehead atoms. The molecule has 4 aromatic rings. The van der Waals surface area contributed by atoms with Gasteiger partial charge in [0.15, 0.2) is 17.6 Å². The number of benzene rings is 2. The van der Waals surface area contributed by atoms with Crippen LogP contribution < -0.4 is 10.1 Å². The Morgan fingerprint density at radius 2 is 1.83 bits per heavy atom. The van der Waals surface area contributed by atoms with Crippen molar-refractivity contribution in [2.45, 2.75) is 19.6 Å². The number of ether oxygens (including phenoxy) is 1. The molecule has 0 saturated carbocycles. The lowest BCUT2D eigenvalue weighted by molar-refractivity contribution is -0.127. The molecular formula is C21H18FN5O2. The van der Waals surface area contributed by atoms with E-state index in [1.54, 1.807) is 47.8 Å². The molecule has 0 aliphatic rings. The number of aromatic nitrogens is 4. The molecule has 1 N–H and O–H groups in total. The fraction of sp³-hybridized carbons (Fsp3) is 0.143. The number of hydrogen-bond acceptors (Lipinski definition) is 5. The zero-order valence-electron chi connectivity index (χ0n) is 15.6. The minimum atomic E-state index is -0.667. The Kier molecular flexibility index (Phi) is 5.15. The van der Waals surface area contributed by atoms with Gasteiger partial charge in [0.25, 0.3) is 5.91 Å². The maximum absolute atomic E-state index is 13.2. The van der Waals surface area contributed by atoms with E-state index in [0.29, 0.717) is 22.9 Å². The molecule has 2 heterocycles. The summed E-state index contributed by atoms with van der Waals surface area (Å²) in [6.07, 6.45) is -0.667. The van der Waals surface area contributed by atoms with E-state index in [2.05, 4.69) is 20.6 Å². The number of rotatable bonds is 6. The second-order valence-corrected chi connectivity index (χ2v) is 6.40. The summed E-state index contributed by atoms with van der Waals surface area (Å²) in [5.74, 6) is 0.507. The minimum Gasteiger partial charge on any atom is -0.481 e. The summed E-state index contributed by atoms with van der Waals surface area (Å²) >= 11 is 0. The van der Waals surface area contributed by atoms with E-state index in [9.17, 15) is 9.18 Å². The van der Waals surface area contributed by atoms with Crippen molar-refractivity contribution in [1.29, 1.82) is 0 Å². The van der Waals surface area contributed by atoms with Gasteiger partial charge in [-0.25, -0.2) is 4.39 Å². The third-order valence-electron chi connectivity index (χ3n) is 4.31. The summed E-state index contributed by atoms with van der Waals surface area (Å²) in [7, 11) is 0. The van der Waals surface area contributed by atoms with Crippen LogP contribution in [0.2, 0.25) is 0 Å². The van der Waals surface area contributed by atoms with Gasteiger partial charge in [0.05, 0.1) is 12.2 Å². The molecule has 1 atom stereocenters. The maximum Gasteiger partial charge on any atom is 0.261 e. The van der Waals surface area contributed by atoms with Crippen molar-refractivity contribution < 1.29 is 13.9 Å². The highest BCUT2D eigenvalue weighted by Gasteiger charge is 2.16. The Hall–Kier alpha value is -3.81. The summed E-state index contributed by atoms with van der Waals surface area (Å²) in [4.78, 5) is 12.3. The number of amides is 1. The van der Waals surface area contributed by atoms with Crippen LogP contribution in [0.1, 0.15) is 12.7 Å². The van der Waals surface area contributed by atoms with Gasteiger partial charge in [-0.3, -0.25) is 4.79 Å². The largest absolute Gasteiger partial charge is 0.481 e. The molecule has 0 spiro atoms. The van der Waals surface area contributed by atoms with E-state index in [-0.39, 0.29) is 18.3 Å². The third kappa shape index (κ3) is 4.21. The molecule has 0 radical (unpaired) electrons. The van der Waals surface area contributed by atoms with Crippen LogP contribution in [0.15, 0.2) is 66.7 Å². The van der Waals surface area contributed by atoms with Crippen LogP contribution in [0, 0.1) is 5.82 Å². The van der Waals surface area contributed by atoms with Gasteiger partial charge in [-0.2, -0.15) is 9.61 Å². The van der Waals surface area contributed by atoms with Crippen molar-refractivity contribution in [2.24, 2.45) is 0 Å². The van der Waals surface area contributed by atoms with Gasteiger partial charge in [-0.05, 0) is 55.5 Å². The van der Waals surface area contributed by atoms with Gasteiger partial charge in [0, 0.05) is 5.56 Å². The maximum atomic E-state index is 13.2. The normalized spacial score (nSPS) is 11.9. The first-order chi connectivity index (χ1) is 14.1. The summed E-state index contributed by atoms with van der Waals surface area (Å²) in [6, 6.07) is 18.7. The second-order valence-electron chi connectivity index (χ2n) is 6.40. The van der Waals surface area contributed by atoms with E-state index in [0.717, 1.165) is 5.56 Å². The predicted octanol–water partition coefficient (Wildman–Crippen LogP) is 3.01. The lowest BCUT2D eigenvalue weighted by Crippen LogP contribution is -2.36. The van der Waals surface area contributed by atoms with E-state index >= 15 is 0 Å². The Morgan fingerprint density at radius 1 is 1.07 bits per heavy atom. The van der Waals surface area contributed by atoms with E-state index in [4.69, 9.17) is 4.74 Å². The van der Waals surface area contributed by atoms with E-state index in [1.807, 2.05) is 18.2 Å². The van der Waals surface area contributed by atoms with E-state index < -0.39 is 6.10 Å². The van der Waals surface area contributed by atoms with E-state index in [1.165, 1.54) is 12.1 Å². The Labute approximate surface area is 166 Å². The topological polar surface area (TPSA) is 81.4 Å². The van der Waals surface area contributed by atoms with Gasteiger partial charge >= 0.3 is 0 Å². The van der Waals surface area contributed by atoms with Crippen LogP contribution in [0.3, 0.4) is 0 Å². The van der Waals surface area contributed by atoms with Crippen molar-refractivity contribution in [2.75, 3.05) is 0 Å². The summed E-state index contributed by atoms with van der Waals surface area (Å²) in [5, 5.41) is 15.5. The number of carbonyl (C=O) groups excluding carboxylic acids is 1. The van der Waals surface area contributed by atoms with Crippen molar-refractivity contribution in [3.05, 3.63) is 78.4 Å². The van der Waals surface area contributed by atoms with Crippen LogP contribution in [-0.4, -0.2) is 31.8 Å². The lowest BCUT2D eigenvalue weighted by atomic mass is 10.1. The second kappa shape index (κ2) is 8.05. The van der Waals surface area contributed by atoms with Gasteiger partial charge in [0.2, 0.25) is 0 Å². The first-order valence-electron chi connectivity index (χ1n) is 9.07. The number of nitrogens with zero attached hydrogens (tertiary/aromatic N) is 4. The van der Waals surface area contributed by atoms with Gasteiger partial charge in [-0.1, -0.05) is 18.2 Å². The Balaban J connectivity index is 1.47. The summed E-state index contributed by atoms with van der Waals surface area (Å²) in [5.41, 5.74) is 1.96. The molecule has 1 amide bonds. The Morgan fingerprint density at radius 3 is 2.59 bits per heavy atom. The quantitative estimate of drug-likeness (QED) is 0.546. The molecule has 2 aromatic heterocycles. The number of fused-ring (bicyclic) bond motifs is 1. The van der Waals surface area contributed by atoms with Crippen LogP contribution >= 0.6 is 0 Å². The highest BCUT2D eigenvalue weighted by Crippen LogP contribution is 2.18. The smallest absolute Gasteiger partial charge is 0.261 e. The molecule has 0 aliphatic carbocycles. The number of carbonyl (C=O) groups is 1. The highest BCUT2D eigenvalue weighted by atomic mass is 19.1. The fourth-order valence-corrected chi connectivity index (χ4v) is 2.78. The van der Waals surface area contributed by atoms with Gasteiger partial charge in [0.1, 0.15) is 11.6 Å². The molecule has 146 valence electrons. The Bertz CT molecular complexity index is 1130. The molecule has 0 aliphatic heterocycles. The molecule has 4 rings (SSSR count). The number of para-hydroxylation sites is 1. The summed E-state index contributed by atoms with van der Waals surface area (Å²) < 4.78 is 20.3. The zero-order valence-corrected chi connectivity index (χ0v) is 15.6.